The van der Waals surface area contributed by atoms with Gasteiger partial charge in [0, 0.05) is 23.7 Å². The van der Waals surface area contributed by atoms with Crippen LogP contribution >= 0.6 is 11.6 Å². The van der Waals surface area contributed by atoms with Crippen molar-refractivity contribution < 1.29 is 4.79 Å². The summed E-state index contributed by atoms with van der Waals surface area (Å²) in [6, 6.07) is 5.59. The average molecular weight is 307 g/mol. The molecular formula is C17H23ClN2O. The Morgan fingerprint density at radius 3 is 2.52 bits per heavy atom. The molecule has 0 atom stereocenters. The third-order valence-electron chi connectivity index (χ3n) is 5.27. The van der Waals surface area contributed by atoms with E-state index in [4.69, 9.17) is 11.6 Å². The van der Waals surface area contributed by atoms with Gasteiger partial charge in [0.15, 0.2) is 0 Å². The van der Waals surface area contributed by atoms with Crippen molar-refractivity contribution in [2.24, 2.45) is 5.41 Å². The van der Waals surface area contributed by atoms with Gasteiger partial charge in [-0.2, -0.15) is 0 Å². The molecule has 3 nitrogen and oxygen atoms in total. The van der Waals surface area contributed by atoms with E-state index in [-0.39, 0.29) is 5.91 Å². The molecule has 114 valence electrons. The van der Waals surface area contributed by atoms with Gasteiger partial charge < -0.3 is 10.2 Å². The Labute approximate surface area is 131 Å². The number of carbonyl (C=O) groups excluding carboxylic acids is 1. The second-order valence-electron chi connectivity index (χ2n) is 6.45. The topological polar surface area (TPSA) is 32.3 Å². The Morgan fingerprint density at radius 1 is 1.19 bits per heavy atom. The zero-order valence-electron chi connectivity index (χ0n) is 12.6. The summed E-state index contributed by atoms with van der Waals surface area (Å²) in [5.41, 5.74) is 2.13. The Bertz CT molecular complexity index is 528. The van der Waals surface area contributed by atoms with Crippen LogP contribution in [0.2, 0.25) is 5.02 Å². The number of piperidine rings is 2. The van der Waals surface area contributed by atoms with Gasteiger partial charge in [-0.3, -0.25) is 4.79 Å². The fraction of sp³-hybridized carbons (Fsp3) is 0.588. The fourth-order valence-corrected chi connectivity index (χ4v) is 3.83. The molecule has 1 spiro atoms. The van der Waals surface area contributed by atoms with Crippen LogP contribution < -0.4 is 5.32 Å². The van der Waals surface area contributed by atoms with Gasteiger partial charge in [0.1, 0.15) is 0 Å². The van der Waals surface area contributed by atoms with E-state index in [1.807, 2.05) is 30.0 Å². The molecule has 2 aliphatic heterocycles. The summed E-state index contributed by atoms with van der Waals surface area (Å²) in [5.74, 6) is 0.138. The maximum Gasteiger partial charge on any atom is 0.254 e. The number of amides is 1. The van der Waals surface area contributed by atoms with Crippen LogP contribution in [0, 0.1) is 12.3 Å². The van der Waals surface area contributed by atoms with E-state index in [0.29, 0.717) is 10.4 Å². The smallest absolute Gasteiger partial charge is 0.254 e. The predicted octanol–water partition coefficient (Wildman–Crippen LogP) is 3.25. The minimum atomic E-state index is 0.138. The van der Waals surface area contributed by atoms with Gasteiger partial charge >= 0.3 is 0 Å². The summed E-state index contributed by atoms with van der Waals surface area (Å²) < 4.78 is 0. The standard InChI is InChI=1S/C17H23ClN2O/c1-13-14(3-2-4-15(13)18)16(21)20-11-7-17(8-12-20)5-9-19-10-6-17/h2-4,19H,5-12H2,1H3. The summed E-state index contributed by atoms with van der Waals surface area (Å²) in [7, 11) is 0. The highest BCUT2D eigenvalue weighted by Crippen LogP contribution is 2.39. The van der Waals surface area contributed by atoms with Crippen LogP contribution in [0.5, 0.6) is 0 Å². The number of hydrogen-bond acceptors (Lipinski definition) is 2. The van der Waals surface area contributed by atoms with E-state index < -0.39 is 0 Å². The van der Waals surface area contributed by atoms with Crippen molar-refractivity contribution >= 4 is 17.5 Å². The van der Waals surface area contributed by atoms with Gasteiger partial charge in [-0.25, -0.2) is 0 Å². The lowest BCUT2D eigenvalue weighted by Gasteiger charge is -2.44. The molecule has 1 N–H and O–H groups in total. The first-order valence-corrected chi connectivity index (χ1v) is 8.24. The van der Waals surface area contributed by atoms with Gasteiger partial charge in [0.25, 0.3) is 5.91 Å². The molecule has 0 aliphatic carbocycles. The van der Waals surface area contributed by atoms with Gasteiger partial charge in [0.2, 0.25) is 0 Å². The molecule has 2 aliphatic rings. The van der Waals surface area contributed by atoms with Crippen molar-refractivity contribution in [2.45, 2.75) is 32.6 Å². The number of rotatable bonds is 1. The molecule has 3 rings (SSSR count). The second kappa shape index (κ2) is 5.98. The second-order valence-corrected chi connectivity index (χ2v) is 6.86. The maximum atomic E-state index is 12.7. The number of benzene rings is 1. The molecule has 0 unspecified atom stereocenters. The summed E-state index contributed by atoms with van der Waals surface area (Å²) in [6.45, 7) is 5.94. The van der Waals surface area contributed by atoms with Crippen LogP contribution in [-0.4, -0.2) is 37.0 Å². The summed E-state index contributed by atoms with van der Waals surface area (Å²) in [4.78, 5) is 14.7. The van der Waals surface area contributed by atoms with E-state index in [1.54, 1.807) is 0 Å². The number of hydrogen-bond donors (Lipinski definition) is 1. The molecule has 1 amide bonds. The first-order valence-electron chi connectivity index (χ1n) is 7.86. The van der Waals surface area contributed by atoms with Crippen LogP contribution in [0.15, 0.2) is 18.2 Å². The molecule has 0 bridgehead atoms. The molecule has 0 aromatic heterocycles. The Morgan fingerprint density at radius 2 is 1.86 bits per heavy atom. The first kappa shape index (κ1) is 14.9. The first-order chi connectivity index (χ1) is 10.1. The average Bonchev–Trinajstić information content (AvgIpc) is 2.51. The molecule has 4 heteroatoms. The minimum Gasteiger partial charge on any atom is -0.339 e. The Kier molecular flexibility index (Phi) is 4.23. The third-order valence-corrected chi connectivity index (χ3v) is 5.68. The number of nitrogens with one attached hydrogen (secondary N) is 1. The van der Waals surface area contributed by atoms with E-state index >= 15 is 0 Å². The van der Waals surface area contributed by atoms with E-state index in [1.165, 1.54) is 12.8 Å². The largest absolute Gasteiger partial charge is 0.339 e. The molecule has 2 saturated heterocycles. The normalized spacial score (nSPS) is 21.5. The predicted molar refractivity (Wildman–Crippen MR) is 85.9 cm³/mol. The maximum absolute atomic E-state index is 12.7. The zero-order chi connectivity index (χ0) is 14.9. The molecule has 2 heterocycles. The molecule has 21 heavy (non-hydrogen) atoms. The molecule has 1 aromatic carbocycles. The highest BCUT2D eigenvalue weighted by molar-refractivity contribution is 6.31. The number of halogens is 1. The lowest BCUT2D eigenvalue weighted by Crippen LogP contribution is -2.47. The lowest BCUT2D eigenvalue weighted by atomic mass is 9.71. The molecule has 0 radical (unpaired) electrons. The SMILES string of the molecule is Cc1c(Cl)cccc1C(=O)N1CCC2(CCNCC2)CC1. The quantitative estimate of drug-likeness (QED) is 0.864. The van der Waals surface area contributed by atoms with E-state index in [2.05, 4.69) is 5.32 Å². The summed E-state index contributed by atoms with van der Waals surface area (Å²) in [5, 5.41) is 4.11. The van der Waals surface area contributed by atoms with Gasteiger partial charge in [-0.05, 0) is 68.8 Å². The summed E-state index contributed by atoms with van der Waals surface area (Å²) in [6.07, 6.45) is 4.79. The van der Waals surface area contributed by atoms with Gasteiger partial charge in [-0.15, -0.1) is 0 Å². The third kappa shape index (κ3) is 2.95. The lowest BCUT2D eigenvalue weighted by molar-refractivity contribution is 0.0495. The molecule has 0 saturated carbocycles. The van der Waals surface area contributed by atoms with Gasteiger partial charge in [-0.1, -0.05) is 17.7 Å². The van der Waals surface area contributed by atoms with Crippen molar-refractivity contribution in [1.29, 1.82) is 0 Å². The van der Waals surface area contributed by atoms with Crippen molar-refractivity contribution in [2.75, 3.05) is 26.2 Å². The molecular weight excluding hydrogens is 284 g/mol. The number of carbonyl (C=O) groups is 1. The van der Waals surface area contributed by atoms with Crippen LogP contribution in [0.3, 0.4) is 0 Å². The van der Waals surface area contributed by atoms with Crippen molar-refractivity contribution in [3.63, 3.8) is 0 Å². The van der Waals surface area contributed by atoms with Gasteiger partial charge in [0.05, 0.1) is 0 Å². The number of likely N-dealkylation sites (tertiary alicyclic amines) is 1. The monoisotopic (exact) mass is 306 g/mol. The Balaban J connectivity index is 1.69. The van der Waals surface area contributed by atoms with Crippen molar-refractivity contribution in [1.82, 2.24) is 10.2 Å². The highest BCUT2D eigenvalue weighted by Gasteiger charge is 2.37. The summed E-state index contributed by atoms with van der Waals surface area (Å²) >= 11 is 6.14. The highest BCUT2D eigenvalue weighted by atomic mass is 35.5. The van der Waals surface area contributed by atoms with Crippen LogP contribution in [0.1, 0.15) is 41.6 Å². The fourth-order valence-electron chi connectivity index (χ4n) is 3.65. The van der Waals surface area contributed by atoms with Crippen LogP contribution in [-0.2, 0) is 0 Å². The molecule has 1 aromatic rings. The van der Waals surface area contributed by atoms with Crippen molar-refractivity contribution in [3.05, 3.63) is 34.3 Å². The minimum absolute atomic E-state index is 0.138. The zero-order valence-corrected chi connectivity index (χ0v) is 13.4. The van der Waals surface area contributed by atoms with E-state index in [0.717, 1.165) is 50.1 Å². The molecule has 2 fully saturated rings. The van der Waals surface area contributed by atoms with E-state index in [9.17, 15) is 4.79 Å². The van der Waals surface area contributed by atoms with Crippen LogP contribution in [0.4, 0.5) is 0 Å². The number of nitrogens with zero attached hydrogens (tertiary/aromatic N) is 1. The Hall–Kier alpha value is -1.06. The van der Waals surface area contributed by atoms with Crippen molar-refractivity contribution in [3.8, 4) is 0 Å². The van der Waals surface area contributed by atoms with Crippen LogP contribution in [0.25, 0.3) is 0 Å².